The van der Waals surface area contributed by atoms with Gasteiger partial charge in [-0.1, -0.05) is 20.3 Å². The van der Waals surface area contributed by atoms with E-state index in [1.165, 1.54) is 0 Å². The lowest BCUT2D eigenvalue weighted by Crippen LogP contribution is -2.33. The van der Waals surface area contributed by atoms with E-state index in [-0.39, 0.29) is 6.10 Å². The molecule has 0 bridgehead atoms. The first-order chi connectivity index (χ1) is 5.20. The molecule has 0 aromatic heterocycles. The first kappa shape index (κ1) is 10.9. The lowest BCUT2D eigenvalue weighted by Gasteiger charge is -2.14. The van der Waals surface area contributed by atoms with Gasteiger partial charge in [0.1, 0.15) is 0 Å². The quantitative estimate of drug-likeness (QED) is 0.616. The second kappa shape index (κ2) is 6.62. The van der Waals surface area contributed by atoms with E-state index < -0.39 is 0 Å². The number of hydrogen-bond acceptors (Lipinski definition) is 2. The van der Waals surface area contributed by atoms with Crippen LogP contribution in [0.3, 0.4) is 0 Å². The van der Waals surface area contributed by atoms with Crippen LogP contribution in [-0.4, -0.2) is 23.8 Å². The molecule has 0 aliphatic carbocycles. The monoisotopic (exact) mass is 159 g/mol. The van der Waals surface area contributed by atoms with Crippen LogP contribution >= 0.6 is 0 Å². The summed E-state index contributed by atoms with van der Waals surface area (Å²) in [4.78, 5) is 0. The van der Waals surface area contributed by atoms with Crippen LogP contribution in [0.25, 0.3) is 0 Å². The van der Waals surface area contributed by atoms with Crippen molar-refractivity contribution in [3.63, 3.8) is 0 Å². The van der Waals surface area contributed by atoms with Gasteiger partial charge in [0.05, 0.1) is 6.10 Å². The van der Waals surface area contributed by atoms with Crippen molar-refractivity contribution in [3.05, 3.63) is 0 Å². The van der Waals surface area contributed by atoms with Gasteiger partial charge in [-0.05, 0) is 19.8 Å². The Bertz CT molecular complexity index is 85.6. The number of aliphatic hydroxyl groups excluding tert-OH is 1. The second-order valence-corrected chi connectivity index (χ2v) is 3.16. The van der Waals surface area contributed by atoms with Gasteiger partial charge < -0.3 is 10.4 Å². The first-order valence-corrected chi connectivity index (χ1v) is 4.62. The Morgan fingerprint density at radius 2 is 2.00 bits per heavy atom. The molecule has 2 N–H and O–H groups in total. The molecule has 2 unspecified atom stereocenters. The number of rotatable bonds is 6. The number of hydrogen-bond donors (Lipinski definition) is 2. The molecule has 0 aromatic rings. The van der Waals surface area contributed by atoms with Gasteiger partial charge in [-0.25, -0.2) is 0 Å². The second-order valence-electron chi connectivity index (χ2n) is 3.16. The Labute approximate surface area is 70.0 Å². The maximum Gasteiger partial charge on any atom is 0.0664 e. The first-order valence-electron chi connectivity index (χ1n) is 4.62. The minimum absolute atomic E-state index is 0.158. The Kier molecular flexibility index (Phi) is 6.57. The molecule has 0 saturated carbocycles. The predicted octanol–water partition coefficient (Wildman–Crippen LogP) is 1.54. The third-order valence-electron chi connectivity index (χ3n) is 1.94. The molecule has 0 heterocycles. The third-order valence-corrected chi connectivity index (χ3v) is 1.94. The summed E-state index contributed by atoms with van der Waals surface area (Å²) in [6.07, 6.45) is 2.93. The summed E-state index contributed by atoms with van der Waals surface area (Å²) >= 11 is 0. The molecule has 68 valence electrons. The molecule has 0 amide bonds. The molecule has 0 spiro atoms. The van der Waals surface area contributed by atoms with E-state index in [4.69, 9.17) is 0 Å². The highest BCUT2D eigenvalue weighted by Gasteiger charge is 2.03. The Balaban J connectivity index is 3.22. The van der Waals surface area contributed by atoms with Crippen molar-refractivity contribution in [2.24, 2.45) is 0 Å². The fraction of sp³-hybridized carbons (Fsp3) is 1.00. The summed E-state index contributed by atoms with van der Waals surface area (Å²) in [5, 5.41) is 12.6. The van der Waals surface area contributed by atoms with Crippen molar-refractivity contribution in [1.29, 1.82) is 0 Å². The normalized spacial score (nSPS) is 16.4. The van der Waals surface area contributed by atoms with Crippen LogP contribution < -0.4 is 5.32 Å². The largest absolute Gasteiger partial charge is 0.392 e. The maximum absolute atomic E-state index is 9.33. The molecule has 0 aliphatic rings. The Morgan fingerprint density at radius 1 is 1.36 bits per heavy atom. The molecule has 0 rings (SSSR count). The van der Waals surface area contributed by atoms with Gasteiger partial charge in [-0.3, -0.25) is 0 Å². The molecule has 0 aliphatic heterocycles. The third kappa shape index (κ3) is 6.32. The molecule has 2 nitrogen and oxygen atoms in total. The van der Waals surface area contributed by atoms with Gasteiger partial charge in [-0.15, -0.1) is 0 Å². The standard InChI is InChI=1S/C9H21NO/c1-4-6-9(11)7-10-8(3)5-2/h8-11H,4-7H2,1-3H3. The minimum Gasteiger partial charge on any atom is -0.392 e. The summed E-state index contributed by atoms with van der Waals surface area (Å²) in [6.45, 7) is 7.11. The summed E-state index contributed by atoms with van der Waals surface area (Å²) < 4.78 is 0. The lowest BCUT2D eigenvalue weighted by molar-refractivity contribution is 0.157. The zero-order valence-electron chi connectivity index (χ0n) is 7.93. The highest BCUT2D eigenvalue weighted by molar-refractivity contribution is 4.63. The molecule has 0 saturated heterocycles. The molecular weight excluding hydrogens is 138 g/mol. The van der Waals surface area contributed by atoms with E-state index in [1.54, 1.807) is 0 Å². The Hall–Kier alpha value is -0.0800. The van der Waals surface area contributed by atoms with E-state index in [1.807, 2.05) is 0 Å². The van der Waals surface area contributed by atoms with Crippen LogP contribution in [0.5, 0.6) is 0 Å². The summed E-state index contributed by atoms with van der Waals surface area (Å²) in [5.41, 5.74) is 0. The highest BCUT2D eigenvalue weighted by atomic mass is 16.3. The van der Waals surface area contributed by atoms with E-state index >= 15 is 0 Å². The van der Waals surface area contributed by atoms with Crippen LogP contribution in [0.2, 0.25) is 0 Å². The van der Waals surface area contributed by atoms with E-state index in [0.29, 0.717) is 6.04 Å². The average molecular weight is 159 g/mol. The van der Waals surface area contributed by atoms with Gasteiger partial charge >= 0.3 is 0 Å². The Morgan fingerprint density at radius 3 is 2.45 bits per heavy atom. The number of aliphatic hydroxyl groups is 1. The molecule has 0 radical (unpaired) electrons. The van der Waals surface area contributed by atoms with Crippen molar-refractivity contribution in [1.82, 2.24) is 5.32 Å². The SMILES string of the molecule is CCCC(O)CNC(C)CC. The molecule has 0 aromatic carbocycles. The molecular formula is C9H21NO. The summed E-state index contributed by atoms with van der Waals surface area (Å²) in [7, 11) is 0. The van der Waals surface area contributed by atoms with E-state index in [0.717, 1.165) is 25.8 Å². The van der Waals surface area contributed by atoms with Crippen LogP contribution in [0.4, 0.5) is 0 Å². The summed E-state index contributed by atoms with van der Waals surface area (Å²) in [5.74, 6) is 0. The fourth-order valence-electron chi connectivity index (χ4n) is 0.917. The molecule has 11 heavy (non-hydrogen) atoms. The van der Waals surface area contributed by atoms with Gasteiger partial charge in [0.2, 0.25) is 0 Å². The minimum atomic E-state index is -0.158. The maximum atomic E-state index is 9.33. The topological polar surface area (TPSA) is 32.3 Å². The van der Waals surface area contributed by atoms with Gasteiger partial charge in [-0.2, -0.15) is 0 Å². The average Bonchev–Trinajstić information content (AvgIpc) is 2.01. The van der Waals surface area contributed by atoms with Gasteiger partial charge in [0.25, 0.3) is 0 Å². The van der Waals surface area contributed by atoms with Crippen molar-refractivity contribution in [3.8, 4) is 0 Å². The van der Waals surface area contributed by atoms with Crippen LogP contribution in [0, 0.1) is 0 Å². The van der Waals surface area contributed by atoms with Crippen LogP contribution in [-0.2, 0) is 0 Å². The van der Waals surface area contributed by atoms with Gasteiger partial charge in [0, 0.05) is 12.6 Å². The van der Waals surface area contributed by atoms with E-state index in [2.05, 4.69) is 26.1 Å². The molecule has 0 fully saturated rings. The zero-order valence-corrected chi connectivity index (χ0v) is 7.93. The molecule has 2 heteroatoms. The smallest absolute Gasteiger partial charge is 0.0664 e. The van der Waals surface area contributed by atoms with Crippen molar-refractivity contribution in [2.75, 3.05) is 6.54 Å². The zero-order chi connectivity index (χ0) is 8.69. The number of nitrogens with one attached hydrogen (secondary N) is 1. The van der Waals surface area contributed by atoms with Crippen LogP contribution in [0.15, 0.2) is 0 Å². The van der Waals surface area contributed by atoms with Crippen molar-refractivity contribution >= 4 is 0 Å². The molecule has 2 atom stereocenters. The van der Waals surface area contributed by atoms with Crippen molar-refractivity contribution in [2.45, 2.75) is 52.2 Å². The van der Waals surface area contributed by atoms with Gasteiger partial charge in [0.15, 0.2) is 0 Å². The fourth-order valence-corrected chi connectivity index (χ4v) is 0.917. The lowest BCUT2D eigenvalue weighted by atomic mass is 10.2. The van der Waals surface area contributed by atoms with Crippen LogP contribution in [0.1, 0.15) is 40.0 Å². The van der Waals surface area contributed by atoms with Crippen molar-refractivity contribution < 1.29 is 5.11 Å². The van der Waals surface area contributed by atoms with E-state index in [9.17, 15) is 5.11 Å². The summed E-state index contributed by atoms with van der Waals surface area (Å²) in [6, 6.07) is 0.529. The predicted molar refractivity (Wildman–Crippen MR) is 48.7 cm³/mol. The highest BCUT2D eigenvalue weighted by Crippen LogP contribution is 1.95.